The van der Waals surface area contributed by atoms with E-state index in [1.54, 1.807) is 11.0 Å². The van der Waals surface area contributed by atoms with Crippen molar-refractivity contribution in [1.29, 1.82) is 5.26 Å². The van der Waals surface area contributed by atoms with E-state index in [1.807, 2.05) is 31.3 Å². The first kappa shape index (κ1) is 14.0. The predicted molar refractivity (Wildman–Crippen MR) is 86.1 cm³/mol. The van der Waals surface area contributed by atoms with Gasteiger partial charge in [-0.1, -0.05) is 18.2 Å². The maximum Gasteiger partial charge on any atom is 0.158 e. The van der Waals surface area contributed by atoms with Crippen molar-refractivity contribution in [3.05, 3.63) is 59.4 Å². The molecule has 4 nitrogen and oxygen atoms in total. The summed E-state index contributed by atoms with van der Waals surface area (Å²) >= 11 is 0. The molecule has 0 saturated heterocycles. The Balaban J connectivity index is 2.35. The lowest BCUT2D eigenvalue weighted by molar-refractivity contribution is 0.775. The molecule has 0 aliphatic carbocycles. The largest absolute Gasteiger partial charge is 0.249 e. The molecule has 3 aromatic rings. The summed E-state index contributed by atoms with van der Waals surface area (Å²) in [6, 6.07) is 14.1. The van der Waals surface area contributed by atoms with Gasteiger partial charge in [0.25, 0.3) is 0 Å². The van der Waals surface area contributed by atoms with Gasteiger partial charge in [0.15, 0.2) is 5.82 Å². The highest BCUT2D eigenvalue weighted by atomic mass is 15.3. The summed E-state index contributed by atoms with van der Waals surface area (Å²) in [6.07, 6.45) is 1.54. The molecule has 2 aromatic carbocycles. The molecule has 0 fully saturated rings. The van der Waals surface area contributed by atoms with Gasteiger partial charge in [-0.2, -0.15) is 10.4 Å². The van der Waals surface area contributed by atoms with Crippen LogP contribution in [0.15, 0.2) is 42.7 Å². The molecular formula is C18H16N4. The van der Waals surface area contributed by atoms with Crippen molar-refractivity contribution in [1.82, 2.24) is 14.8 Å². The second-order valence-corrected chi connectivity index (χ2v) is 5.35. The van der Waals surface area contributed by atoms with Crippen LogP contribution in [0.5, 0.6) is 0 Å². The van der Waals surface area contributed by atoms with Crippen molar-refractivity contribution >= 4 is 0 Å². The number of nitriles is 1. The SMILES string of the molecule is Cc1cccc(C)c1-c1cc(C#N)ccc1-c1ncnn1C. The predicted octanol–water partition coefficient (Wildman–Crippen LogP) is 3.64. The molecule has 0 N–H and O–H groups in total. The summed E-state index contributed by atoms with van der Waals surface area (Å²) in [5.74, 6) is 0.794. The van der Waals surface area contributed by atoms with Crippen molar-refractivity contribution in [2.45, 2.75) is 13.8 Å². The molecule has 0 aliphatic rings. The molecule has 0 spiro atoms. The quantitative estimate of drug-likeness (QED) is 0.723. The van der Waals surface area contributed by atoms with Crippen molar-refractivity contribution < 1.29 is 0 Å². The third-order valence-corrected chi connectivity index (χ3v) is 3.85. The molecule has 0 unspecified atom stereocenters. The van der Waals surface area contributed by atoms with Gasteiger partial charge in [0.05, 0.1) is 11.6 Å². The van der Waals surface area contributed by atoms with Gasteiger partial charge in [-0.25, -0.2) is 9.67 Å². The highest BCUT2D eigenvalue weighted by Crippen LogP contribution is 2.35. The van der Waals surface area contributed by atoms with Crippen LogP contribution in [0, 0.1) is 25.2 Å². The van der Waals surface area contributed by atoms with Gasteiger partial charge in [-0.15, -0.1) is 0 Å². The Morgan fingerprint density at radius 3 is 2.36 bits per heavy atom. The first-order valence-electron chi connectivity index (χ1n) is 7.07. The molecule has 22 heavy (non-hydrogen) atoms. The van der Waals surface area contributed by atoms with Crippen LogP contribution in [0.1, 0.15) is 16.7 Å². The van der Waals surface area contributed by atoms with Crippen LogP contribution in [0.4, 0.5) is 0 Å². The van der Waals surface area contributed by atoms with Gasteiger partial charge in [0, 0.05) is 12.6 Å². The number of hydrogen-bond donors (Lipinski definition) is 0. The summed E-state index contributed by atoms with van der Waals surface area (Å²) in [7, 11) is 1.87. The maximum absolute atomic E-state index is 9.24. The van der Waals surface area contributed by atoms with E-state index in [9.17, 15) is 5.26 Å². The topological polar surface area (TPSA) is 54.5 Å². The summed E-state index contributed by atoms with van der Waals surface area (Å²) in [4.78, 5) is 4.36. The fourth-order valence-corrected chi connectivity index (χ4v) is 2.79. The Labute approximate surface area is 129 Å². The zero-order valence-electron chi connectivity index (χ0n) is 12.8. The zero-order valence-corrected chi connectivity index (χ0v) is 12.8. The fraction of sp³-hybridized carbons (Fsp3) is 0.167. The number of rotatable bonds is 2. The smallest absolute Gasteiger partial charge is 0.158 e. The van der Waals surface area contributed by atoms with E-state index in [2.05, 4.69) is 42.1 Å². The van der Waals surface area contributed by atoms with Crippen LogP contribution in [0.2, 0.25) is 0 Å². The lowest BCUT2D eigenvalue weighted by atomic mass is 9.91. The van der Waals surface area contributed by atoms with E-state index in [-0.39, 0.29) is 0 Å². The van der Waals surface area contributed by atoms with E-state index >= 15 is 0 Å². The Bertz CT molecular complexity index is 864. The summed E-state index contributed by atoms with van der Waals surface area (Å²) in [5, 5.41) is 13.4. The van der Waals surface area contributed by atoms with E-state index in [1.165, 1.54) is 11.1 Å². The van der Waals surface area contributed by atoms with Gasteiger partial charge in [-0.3, -0.25) is 0 Å². The maximum atomic E-state index is 9.24. The molecule has 3 rings (SSSR count). The van der Waals surface area contributed by atoms with Crippen LogP contribution in [0.25, 0.3) is 22.5 Å². The fourth-order valence-electron chi connectivity index (χ4n) is 2.79. The van der Waals surface area contributed by atoms with E-state index in [4.69, 9.17) is 0 Å². The molecule has 0 atom stereocenters. The molecule has 108 valence electrons. The average Bonchev–Trinajstić information content (AvgIpc) is 2.93. The van der Waals surface area contributed by atoms with Gasteiger partial charge in [-0.05, 0) is 54.3 Å². The number of benzene rings is 2. The lowest BCUT2D eigenvalue weighted by Crippen LogP contribution is -1.98. The van der Waals surface area contributed by atoms with E-state index < -0.39 is 0 Å². The van der Waals surface area contributed by atoms with E-state index in [0.717, 1.165) is 22.5 Å². The summed E-state index contributed by atoms with van der Waals surface area (Å²) in [6.45, 7) is 4.17. The third kappa shape index (κ3) is 2.27. The minimum atomic E-state index is 0.642. The number of aromatic nitrogens is 3. The van der Waals surface area contributed by atoms with Gasteiger partial charge < -0.3 is 0 Å². The molecular weight excluding hydrogens is 272 g/mol. The van der Waals surface area contributed by atoms with Crippen LogP contribution >= 0.6 is 0 Å². The molecule has 0 amide bonds. The lowest BCUT2D eigenvalue weighted by Gasteiger charge is -2.14. The highest BCUT2D eigenvalue weighted by molar-refractivity contribution is 5.84. The van der Waals surface area contributed by atoms with Gasteiger partial charge in [0.2, 0.25) is 0 Å². The Hall–Kier alpha value is -2.93. The zero-order chi connectivity index (χ0) is 15.7. The van der Waals surface area contributed by atoms with Crippen LogP contribution in [-0.4, -0.2) is 14.8 Å². The van der Waals surface area contributed by atoms with Gasteiger partial charge in [0.1, 0.15) is 6.33 Å². The molecule has 1 heterocycles. The molecule has 0 aliphatic heterocycles. The second kappa shape index (κ2) is 5.45. The minimum absolute atomic E-state index is 0.642. The van der Waals surface area contributed by atoms with Crippen molar-refractivity contribution in [2.24, 2.45) is 7.05 Å². The molecule has 0 radical (unpaired) electrons. The molecule has 1 aromatic heterocycles. The van der Waals surface area contributed by atoms with E-state index in [0.29, 0.717) is 5.56 Å². The number of nitrogens with zero attached hydrogens (tertiary/aromatic N) is 4. The summed E-state index contributed by atoms with van der Waals surface area (Å²) < 4.78 is 1.75. The standard InChI is InChI=1S/C18H16N4/c1-12-5-4-6-13(2)17(12)16-9-14(10-19)7-8-15(16)18-20-11-21-22(18)3/h4-9,11H,1-3H3. The first-order valence-corrected chi connectivity index (χ1v) is 7.07. The third-order valence-electron chi connectivity index (χ3n) is 3.85. The number of aryl methyl sites for hydroxylation is 3. The Morgan fingerprint density at radius 2 is 1.77 bits per heavy atom. The Kier molecular flexibility index (Phi) is 3.48. The van der Waals surface area contributed by atoms with Crippen LogP contribution < -0.4 is 0 Å². The average molecular weight is 288 g/mol. The van der Waals surface area contributed by atoms with Crippen molar-refractivity contribution in [3.8, 4) is 28.6 Å². The number of hydrogen-bond acceptors (Lipinski definition) is 3. The van der Waals surface area contributed by atoms with Crippen molar-refractivity contribution in [2.75, 3.05) is 0 Å². The highest BCUT2D eigenvalue weighted by Gasteiger charge is 2.15. The Morgan fingerprint density at radius 1 is 1.05 bits per heavy atom. The monoisotopic (exact) mass is 288 g/mol. The molecule has 4 heteroatoms. The van der Waals surface area contributed by atoms with Crippen LogP contribution in [-0.2, 0) is 7.05 Å². The first-order chi connectivity index (χ1) is 10.6. The molecule has 0 saturated carbocycles. The molecule has 0 bridgehead atoms. The van der Waals surface area contributed by atoms with Crippen LogP contribution in [0.3, 0.4) is 0 Å². The van der Waals surface area contributed by atoms with Crippen molar-refractivity contribution in [3.63, 3.8) is 0 Å². The summed E-state index contributed by atoms with van der Waals surface area (Å²) in [5.41, 5.74) is 6.15. The van der Waals surface area contributed by atoms with Gasteiger partial charge >= 0.3 is 0 Å². The minimum Gasteiger partial charge on any atom is -0.249 e. The second-order valence-electron chi connectivity index (χ2n) is 5.35. The normalized spacial score (nSPS) is 10.5.